The Kier molecular flexibility index (Phi) is 5.95. The molecule has 0 saturated heterocycles. The molecule has 3 aromatic rings. The average molecular weight is 438 g/mol. The highest BCUT2D eigenvalue weighted by Gasteiger charge is 2.22. The van der Waals surface area contributed by atoms with Crippen LogP contribution in [0.3, 0.4) is 0 Å². The molecule has 2 heterocycles. The third kappa shape index (κ3) is 4.49. The minimum absolute atomic E-state index is 0.0126. The molecule has 164 valence electrons. The van der Waals surface area contributed by atoms with E-state index in [0.29, 0.717) is 28.3 Å². The van der Waals surface area contributed by atoms with E-state index < -0.39 is 22.7 Å². The summed E-state index contributed by atoms with van der Waals surface area (Å²) < 4.78 is 26.2. The van der Waals surface area contributed by atoms with Crippen molar-refractivity contribution < 1.29 is 23.6 Å². The number of non-ortho nitro benzene ring substituents is 1. The molecular formula is C22H19FN4O5. The van der Waals surface area contributed by atoms with Gasteiger partial charge >= 0.3 is 0 Å². The van der Waals surface area contributed by atoms with E-state index in [1.807, 2.05) is 0 Å². The SMILES string of the molecule is Cn1ccnc1C(NC(=O)/C=C/c1cc([N+](=O)[O-])cc2c1OCOC2)c1cccc(F)c1. The van der Waals surface area contributed by atoms with Crippen LogP contribution in [-0.2, 0) is 23.2 Å². The van der Waals surface area contributed by atoms with Crippen LogP contribution in [0.2, 0.25) is 0 Å². The average Bonchev–Trinajstić information content (AvgIpc) is 3.21. The van der Waals surface area contributed by atoms with Crippen molar-refractivity contribution in [2.75, 3.05) is 6.79 Å². The summed E-state index contributed by atoms with van der Waals surface area (Å²) in [5, 5.41) is 14.1. The van der Waals surface area contributed by atoms with Gasteiger partial charge in [0.2, 0.25) is 5.91 Å². The van der Waals surface area contributed by atoms with Gasteiger partial charge in [0, 0.05) is 48.8 Å². The molecule has 2 aromatic carbocycles. The lowest BCUT2D eigenvalue weighted by molar-refractivity contribution is -0.385. The van der Waals surface area contributed by atoms with Crippen molar-refractivity contribution in [2.24, 2.45) is 7.05 Å². The third-order valence-corrected chi connectivity index (χ3v) is 4.93. The van der Waals surface area contributed by atoms with E-state index in [9.17, 15) is 19.3 Å². The van der Waals surface area contributed by atoms with Crippen LogP contribution in [0.5, 0.6) is 5.75 Å². The summed E-state index contributed by atoms with van der Waals surface area (Å²) in [7, 11) is 1.77. The number of amides is 1. The number of ether oxygens (including phenoxy) is 2. The molecule has 0 spiro atoms. The van der Waals surface area contributed by atoms with E-state index in [0.717, 1.165) is 0 Å². The fraction of sp³-hybridized carbons (Fsp3) is 0.182. The summed E-state index contributed by atoms with van der Waals surface area (Å²) in [5.74, 6) is 0.0194. The quantitative estimate of drug-likeness (QED) is 0.360. The van der Waals surface area contributed by atoms with Gasteiger partial charge in [-0.3, -0.25) is 14.9 Å². The third-order valence-electron chi connectivity index (χ3n) is 4.93. The molecule has 1 N–H and O–H groups in total. The number of nitro benzene ring substituents is 1. The number of imidazole rings is 1. The van der Waals surface area contributed by atoms with E-state index in [1.54, 1.807) is 36.1 Å². The summed E-state index contributed by atoms with van der Waals surface area (Å²) in [6.07, 6.45) is 5.98. The first-order valence-corrected chi connectivity index (χ1v) is 9.65. The number of carbonyl (C=O) groups excluding carboxylic acids is 1. The van der Waals surface area contributed by atoms with Gasteiger partial charge in [-0.25, -0.2) is 9.37 Å². The Morgan fingerprint density at radius 3 is 2.94 bits per heavy atom. The zero-order chi connectivity index (χ0) is 22.7. The van der Waals surface area contributed by atoms with Gasteiger partial charge in [-0.2, -0.15) is 0 Å². The van der Waals surface area contributed by atoms with Gasteiger partial charge < -0.3 is 19.4 Å². The molecule has 0 aliphatic carbocycles. The number of hydrogen-bond donors (Lipinski definition) is 1. The van der Waals surface area contributed by atoms with Crippen LogP contribution >= 0.6 is 0 Å². The zero-order valence-corrected chi connectivity index (χ0v) is 17.0. The molecule has 0 saturated carbocycles. The number of hydrogen-bond acceptors (Lipinski definition) is 6. The Morgan fingerprint density at radius 2 is 2.22 bits per heavy atom. The molecule has 9 nitrogen and oxygen atoms in total. The molecule has 10 heteroatoms. The molecular weight excluding hydrogens is 419 g/mol. The molecule has 0 radical (unpaired) electrons. The Labute approximate surface area is 182 Å². The maximum atomic E-state index is 13.8. The Balaban J connectivity index is 1.62. The maximum absolute atomic E-state index is 13.8. The number of aromatic nitrogens is 2. The predicted molar refractivity (Wildman–Crippen MR) is 112 cm³/mol. The highest BCUT2D eigenvalue weighted by Crippen LogP contribution is 2.33. The minimum Gasteiger partial charge on any atom is -0.467 e. The van der Waals surface area contributed by atoms with Crippen LogP contribution in [-0.4, -0.2) is 27.2 Å². The summed E-state index contributed by atoms with van der Waals surface area (Å²) in [6.45, 7) is 0.184. The minimum atomic E-state index is -0.702. The number of halogens is 1. The Morgan fingerprint density at radius 1 is 1.38 bits per heavy atom. The molecule has 1 aliphatic rings. The first-order chi connectivity index (χ1) is 15.4. The van der Waals surface area contributed by atoms with E-state index in [1.165, 1.54) is 36.4 Å². The lowest BCUT2D eigenvalue weighted by atomic mass is 10.0. The number of rotatable bonds is 6. The molecule has 32 heavy (non-hydrogen) atoms. The summed E-state index contributed by atoms with van der Waals surface area (Å²) >= 11 is 0. The number of nitrogens with zero attached hydrogens (tertiary/aromatic N) is 3. The maximum Gasteiger partial charge on any atom is 0.270 e. The van der Waals surface area contributed by atoms with E-state index in [-0.39, 0.29) is 19.1 Å². The van der Waals surface area contributed by atoms with E-state index in [4.69, 9.17) is 9.47 Å². The Hall–Kier alpha value is -4.05. The fourth-order valence-electron chi connectivity index (χ4n) is 3.45. The van der Waals surface area contributed by atoms with Crippen LogP contribution < -0.4 is 10.1 Å². The first kappa shape index (κ1) is 21.2. The van der Waals surface area contributed by atoms with Gasteiger partial charge in [-0.05, 0) is 23.8 Å². The van der Waals surface area contributed by atoms with Crippen LogP contribution in [0.15, 0.2) is 54.9 Å². The second-order valence-corrected chi connectivity index (χ2v) is 7.12. The van der Waals surface area contributed by atoms with Crippen LogP contribution in [0.25, 0.3) is 6.08 Å². The molecule has 4 rings (SSSR count). The van der Waals surface area contributed by atoms with E-state index >= 15 is 0 Å². The molecule has 1 atom stereocenters. The zero-order valence-electron chi connectivity index (χ0n) is 17.0. The van der Waals surface area contributed by atoms with Crippen molar-refractivity contribution in [1.29, 1.82) is 0 Å². The molecule has 0 fully saturated rings. The summed E-state index contributed by atoms with van der Waals surface area (Å²) in [4.78, 5) is 27.8. The predicted octanol–water partition coefficient (Wildman–Crippen LogP) is 3.25. The van der Waals surface area contributed by atoms with Gasteiger partial charge in [-0.1, -0.05) is 12.1 Å². The monoisotopic (exact) mass is 438 g/mol. The van der Waals surface area contributed by atoms with Crippen molar-refractivity contribution in [2.45, 2.75) is 12.6 Å². The lowest BCUT2D eigenvalue weighted by Crippen LogP contribution is -2.29. The number of fused-ring (bicyclic) bond motifs is 1. The van der Waals surface area contributed by atoms with Crippen LogP contribution in [0, 0.1) is 15.9 Å². The highest BCUT2D eigenvalue weighted by molar-refractivity contribution is 5.92. The molecule has 1 amide bonds. The fourth-order valence-corrected chi connectivity index (χ4v) is 3.45. The second kappa shape index (κ2) is 8.98. The van der Waals surface area contributed by atoms with Gasteiger partial charge in [0.25, 0.3) is 5.69 Å². The smallest absolute Gasteiger partial charge is 0.270 e. The number of nitro groups is 1. The van der Waals surface area contributed by atoms with Gasteiger partial charge in [0.1, 0.15) is 23.4 Å². The Bertz CT molecular complexity index is 1210. The first-order valence-electron chi connectivity index (χ1n) is 9.65. The number of nitrogens with one attached hydrogen (secondary N) is 1. The second-order valence-electron chi connectivity index (χ2n) is 7.12. The highest BCUT2D eigenvalue weighted by atomic mass is 19.1. The van der Waals surface area contributed by atoms with Crippen LogP contribution in [0.1, 0.15) is 28.6 Å². The van der Waals surface area contributed by atoms with Crippen LogP contribution in [0.4, 0.5) is 10.1 Å². The molecule has 0 bridgehead atoms. The van der Waals surface area contributed by atoms with Crippen molar-refractivity contribution in [3.05, 3.63) is 93.3 Å². The molecule has 1 aliphatic heterocycles. The van der Waals surface area contributed by atoms with Gasteiger partial charge in [0.15, 0.2) is 6.79 Å². The van der Waals surface area contributed by atoms with Crippen molar-refractivity contribution in [3.63, 3.8) is 0 Å². The summed E-state index contributed by atoms with van der Waals surface area (Å²) in [6, 6.07) is 7.90. The summed E-state index contributed by atoms with van der Waals surface area (Å²) in [5.41, 5.74) is 1.29. The standard InChI is InChI=1S/C22H19FN4O5/c1-26-8-7-24-22(26)20(14-3-2-4-17(23)9-14)25-19(28)6-5-15-10-18(27(29)30)11-16-12-31-13-32-21(15)16/h2-11,20H,12-13H2,1H3,(H,25,28)/b6-5+. The number of benzene rings is 2. The largest absolute Gasteiger partial charge is 0.467 e. The lowest BCUT2D eigenvalue weighted by Gasteiger charge is -2.20. The van der Waals surface area contributed by atoms with E-state index in [2.05, 4.69) is 10.3 Å². The number of aryl methyl sites for hydroxylation is 1. The number of carbonyl (C=O) groups is 1. The van der Waals surface area contributed by atoms with Crippen molar-refractivity contribution >= 4 is 17.7 Å². The normalized spacial score (nSPS) is 13.9. The van der Waals surface area contributed by atoms with Crippen molar-refractivity contribution in [3.8, 4) is 5.75 Å². The topological polar surface area (TPSA) is 109 Å². The van der Waals surface area contributed by atoms with Gasteiger partial charge in [0.05, 0.1) is 11.5 Å². The molecule has 1 aromatic heterocycles. The molecule has 1 unspecified atom stereocenters. The van der Waals surface area contributed by atoms with Crippen molar-refractivity contribution in [1.82, 2.24) is 14.9 Å². The van der Waals surface area contributed by atoms with Gasteiger partial charge in [-0.15, -0.1) is 0 Å².